The van der Waals surface area contributed by atoms with Crippen molar-refractivity contribution in [2.45, 2.75) is 61.1 Å². The van der Waals surface area contributed by atoms with Gasteiger partial charge in [0.2, 0.25) is 0 Å². The van der Waals surface area contributed by atoms with Gasteiger partial charge in [0.15, 0.2) is 15.7 Å². The Morgan fingerprint density at radius 1 is 1.14 bits per heavy atom. The van der Waals surface area contributed by atoms with Crippen LogP contribution in [-0.2, 0) is 9.84 Å². The number of anilines is 2. The molecule has 0 amide bonds. The molecule has 21 heavy (non-hydrogen) atoms. The van der Waals surface area contributed by atoms with Crippen molar-refractivity contribution >= 4 is 32.2 Å². The van der Waals surface area contributed by atoms with Crippen molar-refractivity contribution < 1.29 is 8.42 Å². The SMILES string of the molecule is Nc1nsc(N2CCC3CCCCC32)c1S(=O)(=O)C1CC1. The highest BCUT2D eigenvalue weighted by Crippen LogP contribution is 2.47. The number of nitrogens with zero attached hydrogens (tertiary/aromatic N) is 2. The van der Waals surface area contributed by atoms with E-state index in [4.69, 9.17) is 5.73 Å². The predicted octanol–water partition coefficient (Wildman–Crippen LogP) is 2.43. The van der Waals surface area contributed by atoms with Crippen molar-refractivity contribution in [2.75, 3.05) is 17.2 Å². The molecule has 1 saturated heterocycles. The Balaban J connectivity index is 1.73. The summed E-state index contributed by atoms with van der Waals surface area (Å²) < 4.78 is 29.5. The molecule has 2 atom stereocenters. The molecule has 1 aliphatic heterocycles. The van der Waals surface area contributed by atoms with Crippen LogP contribution in [0.4, 0.5) is 10.8 Å². The van der Waals surface area contributed by atoms with Gasteiger partial charge in [0.1, 0.15) is 9.90 Å². The van der Waals surface area contributed by atoms with Crippen molar-refractivity contribution in [3.05, 3.63) is 0 Å². The minimum Gasteiger partial charge on any atom is -0.382 e. The summed E-state index contributed by atoms with van der Waals surface area (Å²) in [5.74, 6) is 0.930. The third-order valence-electron chi connectivity index (χ3n) is 5.18. The maximum atomic E-state index is 12.7. The number of rotatable bonds is 3. The number of nitrogen functional groups attached to an aromatic ring is 1. The fourth-order valence-corrected chi connectivity index (χ4v) is 7.04. The summed E-state index contributed by atoms with van der Waals surface area (Å²) in [6, 6.07) is 0.492. The Bertz CT molecular complexity index is 651. The van der Waals surface area contributed by atoms with E-state index in [1.54, 1.807) is 0 Å². The number of nitrogens with two attached hydrogens (primary N) is 1. The molecule has 5 nitrogen and oxygen atoms in total. The van der Waals surface area contributed by atoms with Crippen LogP contribution in [0.15, 0.2) is 4.90 Å². The Morgan fingerprint density at radius 2 is 1.90 bits per heavy atom. The van der Waals surface area contributed by atoms with Gasteiger partial charge in [-0.3, -0.25) is 0 Å². The lowest BCUT2D eigenvalue weighted by Gasteiger charge is -2.32. The maximum absolute atomic E-state index is 12.7. The van der Waals surface area contributed by atoms with E-state index in [0.717, 1.165) is 30.3 Å². The fraction of sp³-hybridized carbons (Fsp3) is 0.786. The second-order valence-electron chi connectivity index (χ2n) is 6.54. The third-order valence-corrected chi connectivity index (χ3v) is 8.53. The molecule has 3 fully saturated rings. The molecule has 0 aromatic carbocycles. The first kappa shape index (κ1) is 13.8. The topological polar surface area (TPSA) is 76.3 Å². The lowest BCUT2D eigenvalue weighted by Crippen LogP contribution is -2.35. The van der Waals surface area contributed by atoms with Gasteiger partial charge in [0.05, 0.1) is 5.25 Å². The smallest absolute Gasteiger partial charge is 0.187 e. The van der Waals surface area contributed by atoms with E-state index in [2.05, 4.69) is 9.27 Å². The second-order valence-corrected chi connectivity index (χ2v) is 9.46. The first-order valence-corrected chi connectivity index (χ1v) is 10.2. The molecule has 2 saturated carbocycles. The summed E-state index contributed by atoms with van der Waals surface area (Å²) in [6.07, 6.45) is 7.72. The highest BCUT2D eigenvalue weighted by Gasteiger charge is 2.44. The van der Waals surface area contributed by atoms with Crippen LogP contribution in [0.25, 0.3) is 0 Å². The largest absolute Gasteiger partial charge is 0.382 e. The Labute approximate surface area is 129 Å². The highest BCUT2D eigenvalue weighted by molar-refractivity contribution is 7.92. The first-order chi connectivity index (χ1) is 10.1. The summed E-state index contributed by atoms with van der Waals surface area (Å²) in [6.45, 7) is 0.949. The minimum absolute atomic E-state index is 0.209. The molecule has 0 spiro atoms. The average Bonchev–Trinajstić information content (AvgIpc) is 3.14. The van der Waals surface area contributed by atoms with Crippen molar-refractivity contribution in [3.63, 3.8) is 0 Å². The highest BCUT2D eigenvalue weighted by atomic mass is 32.2. The summed E-state index contributed by atoms with van der Waals surface area (Å²) in [5.41, 5.74) is 5.92. The van der Waals surface area contributed by atoms with Crippen LogP contribution < -0.4 is 10.6 Å². The van der Waals surface area contributed by atoms with Gasteiger partial charge >= 0.3 is 0 Å². The van der Waals surface area contributed by atoms with Crippen molar-refractivity contribution in [1.29, 1.82) is 0 Å². The van der Waals surface area contributed by atoms with E-state index in [-0.39, 0.29) is 11.1 Å². The molecule has 2 aliphatic carbocycles. The van der Waals surface area contributed by atoms with Crippen LogP contribution in [-0.4, -0.2) is 30.6 Å². The van der Waals surface area contributed by atoms with E-state index < -0.39 is 9.84 Å². The van der Waals surface area contributed by atoms with E-state index in [9.17, 15) is 8.42 Å². The van der Waals surface area contributed by atoms with Gasteiger partial charge in [0.25, 0.3) is 0 Å². The molecule has 2 N–H and O–H groups in total. The lowest BCUT2D eigenvalue weighted by atomic mass is 9.85. The number of sulfone groups is 1. The van der Waals surface area contributed by atoms with Gasteiger partial charge < -0.3 is 10.6 Å². The van der Waals surface area contributed by atoms with Gasteiger partial charge in [-0.25, -0.2) is 8.42 Å². The van der Waals surface area contributed by atoms with Crippen LogP contribution >= 0.6 is 11.5 Å². The molecule has 4 rings (SSSR count). The molecule has 3 aliphatic rings. The molecule has 0 radical (unpaired) electrons. The van der Waals surface area contributed by atoms with Crippen LogP contribution in [0.5, 0.6) is 0 Å². The quantitative estimate of drug-likeness (QED) is 0.922. The van der Waals surface area contributed by atoms with Crippen LogP contribution in [0.3, 0.4) is 0 Å². The molecule has 2 heterocycles. The van der Waals surface area contributed by atoms with E-state index in [1.165, 1.54) is 43.6 Å². The zero-order valence-electron chi connectivity index (χ0n) is 12.0. The fourth-order valence-electron chi connectivity index (χ4n) is 3.94. The maximum Gasteiger partial charge on any atom is 0.187 e. The van der Waals surface area contributed by atoms with Crippen molar-refractivity contribution in [1.82, 2.24) is 4.37 Å². The normalized spacial score (nSPS) is 29.6. The lowest BCUT2D eigenvalue weighted by molar-refractivity contribution is 0.342. The molecule has 1 aromatic heterocycles. The zero-order chi connectivity index (χ0) is 14.6. The standard InChI is InChI=1S/C14H21N3O2S2/c15-13-12(21(18,19)10-5-6-10)14(20-16-13)17-8-7-9-3-1-2-4-11(9)17/h9-11H,1-8H2,(H2,15,16). The predicted molar refractivity (Wildman–Crippen MR) is 84.4 cm³/mol. The summed E-state index contributed by atoms with van der Waals surface area (Å²) in [7, 11) is -3.28. The van der Waals surface area contributed by atoms with E-state index in [1.807, 2.05) is 0 Å². The molecular weight excluding hydrogens is 306 g/mol. The number of hydrogen-bond acceptors (Lipinski definition) is 6. The third kappa shape index (κ3) is 2.16. The Hall–Kier alpha value is -0.820. The second kappa shape index (κ2) is 4.84. The number of aromatic nitrogens is 1. The van der Waals surface area contributed by atoms with Crippen molar-refractivity contribution in [2.24, 2.45) is 5.92 Å². The molecule has 2 unspecified atom stereocenters. The van der Waals surface area contributed by atoms with Gasteiger partial charge in [-0.15, -0.1) is 0 Å². The monoisotopic (exact) mass is 327 g/mol. The first-order valence-electron chi connectivity index (χ1n) is 7.84. The Morgan fingerprint density at radius 3 is 2.67 bits per heavy atom. The molecule has 116 valence electrons. The Kier molecular flexibility index (Phi) is 3.19. The van der Waals surface area contributed by atoms with E-state index >= 15 is 0 Å². The minimum atomic E-state index is -3.28. The molecule has 7 heteroatoms. The van der Waals surface area contributed by atoms with Gasteiger partial charge in [0, 0.05) is 12.6 Å². The molecular formula is C14H21N3O2S2. The summed E-state index contributed by atoms with van der Waals surface area (Å²) >= 11 is 1.27. The number of fused-ring (bicyclic) bond motifs is 1. The van der Waals surface area contributed by atoms with Crippen LogP contribution in [0, 0.1) is 5.92 Å². The van der Waals surface area contributed by atoms with Crippen LogP contribution in [0.1, 0.15) is 44.9 Å². The van der Waals surface area contributed by atoms with Gasteiger partial charge in [-0.2, -0.15) is 4.37 Å². The molecule has 0 bridgehead atoms. The number of hydrogen-bond donors (Lipinski definition) is 1. The molecule has 1 aromatic rings. The van der Waals surface area contributed by atoms with Crippen LogP contribution in [0.2, 0.25) is 0 Å². The summed E-state index contributed by atoms with van der Waals surface area (Å²) in [4.78, 5) is 2.63. The van der Waals surface area contributed by atoms with E-state index in [0.29, 0.717) is 10.9 Å². The zero-order valence-corrected chi connectivity index (χ0v) is 13.6. The average molecular weight is 327 g/mol. The summed E-state index contributed by atoms with van der Waals surface area (Å²) in [5, 5.41) is 0.591. The van der Waals surface area contributed by atoms with Gasteiger partial charge in [-0.05, 0) is 49.6 Å². The van der Waals surface area contributed by atoms with Gasteiger partial charge in [-0.1, -0.05) is 12.8 Å². The van der Waals surface area contributed by atoms with Crippen molar-refractivity contribution in [3.8, 4) is 0 Å².